The van der Waals surface area contributed by atoms with Crippen molar-refractivity contribution in [3.63, 3.8) is 0 Å². The van der Waals surface area contributed by atoms with Gasteiger partial charge in [0, 0.05) is 23.6 Å². The average Bonchev–Trinajstić information content (AvgIpc) is 2.16. The van der Waals surface area contributed by atoms with E-state index in [0.29, 0.717) is 0 Å². The quantitative estimate of drug-likeness (QED) is 0.704. The zero-order chi connectivity index (χ0) is 11.1. The second-order valence-corrected chi connectivity index (χ2v) is 6.46. The molecule has 0 radical (unpaired) electrons. The van der Waals surface area contributed by atoms with E-state index in [0.717, 1.165) is 17.0 Å². The fraction of sp³-hybridized carbons (Fsp3) is 1.00. The van der Waals surface area contributed by atoms with E-state index >= 15 is 0 Å². The summed E-state index contributed by atoms with van der Waals surface area (Å²) in [5.74, 6) is 0. The molecule has 0 amide bonds. The molecule has 0 aromatic carbocycles. The molecule has 2 nitrogen and oxygen atoms in total. The Morgan fingerprint density at radius 2 is 1.87 bits per heavy atom. The van der Waals surface area contributed by atoms with Crippen LogP contribution in [-0.4, -0.2) is 48.1 Å². The number of rotatable bonds is 6. The summed E-state index contributed by atoms with van der Waals surface area (Å²) in [5.41, 5.74) is 0. The van der Waals surface area contributed by atoms with Crippen molar-refractivity contribution in [2.75, 3.05) is 32.7 Å². The fourth-order valence-electron chi connectivity index (χ4n) is 2.23. The molecule has 15 heavy (non-hydrogen) atoms. The first-order valence-corrected chi connectivity index (χ1v) is 7.25. The summed E-state index contributed by atoms with van der Waals surface area (Å²) in [5, 5.41) is 5.02. The summed E-state index contributed by atoms with van der Waals surface area (Å²) in [6.07, 6.45) is 2.66. The molecule has 0 aromatic rings. The van der Waals surface area contributed by atoms with Crippen LogP contribution in [0, 0.1) is 0 Å². The molecule has 1 heterocycles. The molecule has 2 atom stereocenters. The molecule has 2 unspecified atom stereocenters. The molecule has 1 fully saturated rings. The van der Waals surface area contributed by atoms with Gasteiger partial charge in [-0.2, -0.15) is 11.8 Å². The molecule has 0 aromatic heterocycles. The molecule has 1 saturated heterocycles. The van der Waals surface area contributed by atoms with Crippen LogP contribution in [0.15, 0.2) is 0 Å². The second kappa shape index (κ2) is 7.53. The van der Waals surface area contributed by atoms with Gasteiger partial charge in [0.05, 0.1) is 0 Å². The van der Waals surface area contributed by atoms with Crippen LogP contribution in [0.3, 0.4) is 0 Å². The predicted molar refractivity (Wildman–Crippen MR) is 70.7 cm³/mol. The normalized spacial score (nSPS) is 28.2. The molecule has 1 aliphatic heterocycles. The molecule has 0 saturated carbocycles. The molecule has 0 aliphatic carbocycles. The van der Waals surface area contributed by atoms with Gasteiger partial charge in [0.15, 0.2) is 0 Å². The average molecular weight is 230 g/mol. The van der Waals surface area contributed by atoms with E-state index in [1.165, 1.54) is 39.0 Å². The van der Waals surface area contributed by atoms with Gasteiger partial charge < -0.3 is 10.2 Å². The van der Waals surface area contributed by atoms with Crippen molar-refractivity contribution in [3.8, 4) is 0 Å². The van der Waals surface area contributed by atoms with Gasteiger partial charge in [0.1, 0.15) is 0 Å². The lowest BCUT2D eigenvalue weighted by atomic mass is 10.2. The molecule has 90 valence electrons. The van der Waals surface area contributed by atoms with Crippen LogP contribution in [0.2, 0.25) is 0 Å². The van der Waals surface area contributed by atoms with Crippen molar-refractivity contribution in [1.82, 2.24) is 10.2 Å². The van der Waals surface area contributed by atoms with Crippen LogP contribution in [0.25, 0.3) is 0 Å². The van der Waals surface area contributed by atoms with Crippen molar-refractivity contribution < 1.29 is 0 Å². The predicted octanol–water partition coefficient (Wildman–Crippen LogP) is 2.20. The Balaban J connectivity index is 2.04. The minimum Gasteiger partial charge on any atom is -0.317 e. The number of thioether (sulfide) groups is 1. The number of hydrogen-bond donors (Lipinski definition) is 1. The largest absolute Gasteiger partial charge is 0.317 e. The molecular weight excluding hydrogens is 204 g/mol. The van der Waals surface area contributed by atoms with Gasteiger partial charge in [-0.15, -0.1) is 0 Å². The molecule has 0 bridgehead atoms. The highest BCUT2D eigenvalue weighted by molar-refractivity contribution is 8.00. The van der Waals surface area contributed by atoms with E-state index in [4.69, 9.17) is 0 Å². The van der Waals surface area contributed by atoms with E-state index in [1.54, 1.807) is 0 Å². The molecule has 3 heteroatoms. The summed E-state index contributed by atoms with van der Waals surface area (Å²) in [7, 11) is 0. The maximum Gasteiger partial charge on any atom is 0.0149 e. The lowest BCUT2D eigenvalue weighted by Crippen LogP contribution is -2.40. The SMILES string of the molecule is CCNCCCCN1CC(C)SC(C)C1. The van der Waals surface area contributed by atoms with E-state index in [9.17, 15) is 0 Å². The van der Waals surface area contributed by atoms with Gasteiger partial charge >= 0.3 is 0 Å². The monoisotopic (exact) mass is 230 g/mol. The standard InChI is InChI=1S/C12H26N2S/c1-4-13-7-5-6-8-14-9-11(2)15-12(3)10-14/h11-13H,4-10H2,1-3H3. The second-order valence-electron chi connectivity index (χ2n) is 4.58. The van der Waals surface area contributed by atoms with E-state index in [2.05, 4.69) is 42.7 Å². The number of unbranched alkanes of at least 4 members (excludes halogenated alkanes) is 1. The van der Waals surface area contributed by atoms with Crippen LogP contribution in [0.5, 0.6) is 0 Å². The zero-order valence-corrected chi connectivity index (χ0v) is 11.3. The molecule has 1 rings (SSSR count). The van der Waals surface area contributed by atoms with E-state index in [-0.39, 0.29) is 0 Å². The molecular formula is C12H26N2S. The van der Waals surface area contributed by atoms with Gasteiger partial charge in [-0.1, -0.05) is 20.8 Å². The molecule has 1 aliphatic rings. The first-order chi connectivity index (χ1) is 7.22. The summed E-state index contributed by atoms with van der Waals surface area (Å²) in [6.45, 7) is 13.0. The van der Waals surface area contributed by atoms with Gasteiger partial charge in [-0.05, 0) is 32.5 Å². The highest BCUT2D eigenvalue weighted by Crippen LogP contribution is 2.24. The van der Waals surface area contributed by atoms with Crippen molar-refractivity contribution in [3.05, 3.63) is 0 Å². The summed E-state index contributed by atoms with van der Waals surface area (Å²) in [4.78, 5) is 2.64. The third-order valence-corrected chi connectivity index (χ3v) is 4.05. The third-order valence-electron chi connectivity index (χ3n) is 2.82. The first-order valence-electron chi connectivity index (χ1n) is 6.31. The maximum atomic E-state index is 3.38. The van der Waals surface area contributed by atoms with Gasteiger partial charge in [-0.25, -0.2) is 0 Å². The van der Waals surface area contributed by atoms with Crippen molar-refractivity contribution in [2.24, 2.45) is 0 Å². The van der Waals surface area contributed by atoms with Crippen LogP contribution in [-0.2, 0) is 0 Å². The topological polar surface area (TPSA) is 15.3 Å². The highest BCUT2D eigenvalue weighted by atomic mass is 32.2. The first kappa shape index (κ1) is 13.3. The Morgan fingerprint density at radius 1 is 1.20 bits per heavy atom. The minimum absolute atomic E-state index is 0.822. The highest BCUT2D eigenvalue weighted by Gasteiger charge is 2.21. The Labute approximate surface area is 99.2 Å². The van der Waals surface area contributed by atoms with Crippen LogP contribution >= 0.6 is 11.8 Å². The molecule has 0 spiro atoms. The smallest absolute Gasteiger partial charge is 0.0149 e. The Hall–Kier alpha value is 0.270. The Kier molecular flexibility index (Phi) is 6.69. The van der Waals surface area contributed by atoms with Gasteiger partial charge in [-0.3, -0.25) is 0 Å². The van der Waals surface area contributed by atoms with Gasteiger partial charge in [0.25, 0.3) is 0 Å². The Bertz CT molecular complexity index is 154. The van der Waals surface area contributed by atoms with Crippen molar-refractivity contribution in [2.45, 2.75) is 44.1 Å². The maximum absolute atomic E-state index is 3.38. The zero-order valence-electron chi connectivity index (χ0n) is 10.5. The lowest BCUT2D eigenvalue weighted by Gasteiger charge is -2.34. The minimum atomic E-state index is 0.822. The lowest BCUT2D eigenvalue weighted by molar-refractivity contribution is 0.265. The van der Waals surface area contributed by atoms with Crippen molar-refractivity contribution in [1.29, 1.82) is 0 Å². The number of nitrogens with one attached hydrogen (secondary N) is 1. The van der Waals surface area contributed by atoms with E-state index < -0.39 is 0 Å². The summed E-state index contributed by atoms with van der Waals surface area (Å²) < 4.78 is 0. The van der Waals surface area contributed by atoms with Crippen molar-refractivity contribution >= 4 is 11.8 Å². The van der Waals surface area contributed by atoms with Crippen LogP contribution in [0.1, 0.15) is 33.6 Å². The third kappa shape index (κ3) is 5.79. The van der Waals surface area contributed by atoms with Crippen LogP contribution < -0.4 is 5.32 Å². The van der Waals surface area contributed by atoms with Gasteiger partial charge in [0.2, 0.25) is 0 Å². The Morgan fingerprint density at radius 3 is 2.47 bits per heavy atom. The number of nitrogens with zero attached hydrogens (tertiary/aromatic N) is 1. The number of hydrogen-bond acceptors (Lipinski definition) is 3. The fourth-order valence-corrected chi connectivity index (χ4v) is 3.62. The van der Waals surface area contributed by atoms with Crippen LogP contribution in [0.4, 0.5) is 0 Å². The van der Waals surface area contributed by atoms with E-state index in [1.807, 2.05) is 0 Å². The summed E-state index contributed by atoms with van der Waals surface area (Å²) >= 11 is 2.14. The summed E-state index contributed by atoms with van der Waals surface area (Å²) in [6, 6.07) is 0. The molecule has 1 N–H and O–H groups in total.